The summed E-state index contributed by atoms with van der Waals surface area (Å²) in [5.74, 6) is 1.52. The molecule has 1 heterocycles. The van der Waals surface area contributed by atoms with Crippen LogP contribution in [0.3, 0.4) is 0 Å². The highest BCUT2D eigenvalue weighted by Crippen LogP contribution is 2.27. The van der Waals surface area contributed by atoms with E-state index in [0.29, 0.717) is 12.0 Å². The SMILES string of the molecule is CCCCC=CCCCCCCCCCCCc1cc(=O)c2c(o1)CCC[C@@H]2O. The van der Waals surface area contributed by atoms with Gasteiger partial charge < -0.3 is 9.52 Å². The average molecular weight is 403 g/mol. The summed E-state index contributed by atoms with van der Waals surface area (Å²) in [5.41, 5.74) is 0.470. The number of aliphatic hydroxyl groups excluding tert-OH is 1. The fourth-order valence-corrected chi connectivity index (χ4v) is 4.22. The second-order valence-corrected chi connectivity index (χ2v) is 8.66. The van der Waals surface area contributed by atoms with Gasteiger partial charge in [-0.15, -0.1) is 0 Å². The number of rotatable bonds is 15. The summed E-state index contributed by atoms with van der Waals surface area (Å²) < 4.78 is 5.91. The molecule has 1 N–H and O–H groups in total. The number of hydrogen-bond donors (Lipinski definition) is 1. The Balaban J connectivity index is 1.46. The largest absolute Gasteiger partial charge is 0.465 e. The Kier molecular flexibility index (Phi) is 12.0. The van der Waals surface area contributed by atoms with Crippen LogP contribution in [-0.2, 0) is 12.8 Å². The number of aryl methyl sites for hydroxylation is 2. The minimum absolute atomic E-state index is 0.0371. The number of hydrogen-bond acceptors (Lipinski definition) is 3. The van der Waals surface area contributed by atoms with E-state index in [1.165, 1.54) is 77.0 Å². The molecule has 1 aromatic heterocycles. The zero-order valence-corrected chi connectivity index (χ0v) is 18.6. The van der Waals surface area contributed by atoms with Crippen molar-refractivity contribution in [1.82, 2.24) is 0 Å². The molecule has 0 amide bonds. The van der Waals surface area contributed by atoms with Gasteiger partial charge in [0.2, 0.25) is 0 Å². The molecule has 0 aliphatic heterocycles. The second-order valence-electron chi connectivity index (χ2n) is 8.66. The zero-order chi connectivity index (χ0) is 20.7. The minimum atomic E-state index is -0.633. The van der Waals surface area contributed by atoms with Crippen LogP contribution >= 0.6 is 0 Å². The van der Waals surface area contributed by atoms with Gasteiger partial charge in [-0.1, -0.05) is 76.9 Å². The topological polar surface area (TPSA) is 50.4 Å². The van der Waals surface area contributed by atoms with Crippen molar-refractivity contribution in [2.45, 2.75) is 122 Å². The molecule has 1 atom stereocenters. The summed E-state index contributed by atoms with van der Waals surface area (Å²) in [7, 11) is 0. The van der Waals surface area contributed by atoms with Crippen molar-refractivity contribution < 1.29 is 9.52 Å². The molecule has 1 aromatic rings. The van der Waals surface area contributed by atoms with Gasteiger partial charge in [0.05, 0.1) is 11.7 Å². The molecule has 164 valence electrons. The van der Waals surface area contributed by atoms with Gasteiger partial charge in [0.25, 0.3) is 0 Å². The Morgan fingerprint density at radius 1 is 0.966 bits per heavy atom. The first-order valence-corrected chi connectivity index (χ1v) is 12.2. The maximum absolute atomic E-state index is 12.2. The van der Waals surface area contributed by atoms with Crippen LogP contribution in [0, 0.1) is 0 Å². The summed E-state index contributed by atoms with van der Waals surface area (Å²) in [4.78, 5) is 12.2. The second kappa shape index (κ2) is 14.6. The van der Waals surface area contributed by atoms with Gasteiger partial charge in [-0.05, 0) is 38.5 Å². The van der Waals surface area contributed by atoms with E-state index in [1.807, 2.05) is 0 Å². The Labute approximate surface area is 177 Å². The quantitative estimate of drug-likeness (QED) is 0.249. The molecule has 0 aromatic carbocycles. The normalized spacial score (nSPS) is 16.4. The molecule has 1 aliphatic rings. The van der Waals surface area contributed by atoms with E-state index >= 15 is 0 Å². The van der Waals surface area contributed by atoms with Gasteiger partial charge in [-0.3, -0.25) is 4.79 Å². The lowest BCUT2D eigenvalue weighted by atomic mass is 9.94. The number of unbranched alkanes of at least 4 members (excludes halogenated alkanes) is 11. The maximum atomic E-state index is 12.2. The van der Waals surface area contributed by atoms with Crippen molar-refractivity contribution in [3.05, 3.63) is 45.5 Å². The Morgan fingerprint density at radius 2 is 1.59 bits per heavy atom. The molecule has 1 aliphatic carbocycles. The van der Waals surface area contributed by atoms with Crippen LogP contribution < -0.4 is 5.43 Å². The first-order chi connectivity index (χ1) is 14.2. The highest BCUT2D eigenvalue weighted by molar-refractivity contribution is 5.24. The summed E-state index contributed by atoms with van der Waals surface area (Å²) >= 11 is 0. The van der Waals surface area contributed by atoms with Gasteiger partial charge in [0, 0.05) is 18.9 Å². The zero-order valence-electron chi connectivity index (χ0n) is 18.6. The predicted molar refractivity (Wildman–Crippen MR) is 121 cm³/mol. The first kappa shape index (κ1) is 23.9. The molecule has 3 nitrogen and oxygen atoms in total. The van der Waals surface area contributed by atoms with E-state index in [0.717, 1.165) is 37.2 Å². The molecule has 0 saturated heterocycles. The number of aliphatic hydroxyl groups is 1. The van der Waals surface area contributed by atoms with E-state index in [9.17, 15) is 9.90 Å². The van der Waals surface area contributed by atoms with Gasteiger partial charge in [0.15, 0.2) is 5.43 Å². The molecule has 3 heteroatoms. The van der Waals surface area contributed by atoms with Crippen molar-refractivity contribution in [2.24, 2.45) is 0 Å². The van der Waals surface area contributed by atoms with Crippen molar-refractivity contribution >= 4 is 0 Å². The Bertz CT molecular complexity index is 644. The van der Waals surface area contributed by atoms with E-state index in [4.69, 9.17) is 4.42 Å². The van der Waals surface area contributed by atoms with E-state index < -0.39 is 6.10 Å². The molecular formula is C26H42O3. The minimum Gasteiger partial charge on any atom is -0.465 e. The lowest BCUT2D eigenvalue weighted by Gasteiger charge is -2.19. The van der Waals surface area contributed by atoms with Crippen LogP contribution in [0.5, 0.6) is 0 Å². The summed E-state index contributed by atoms with van der Waals surface area (Å²) in [6.07, 6.45) is 24.0. The Hall–Kier alpha value is -1.35. The highest BCUT2D eigenvalue weighted by Gasteiger charge is 2.23. The van der Waals surface area contributed by atoms with Crippen molar-refractivity contribution in [3.63, 3.8) is 0 Å². The van der Waals surface area contributed by atoms with Crippen molar-refractivity contribution in [2.75, 3.05) is 0 Å². The third-order valence-corrected chi connectivity index (χ3v) is 6.01. The molecule has 0 radical (unpaired) electrons. The van der Waals surface area contributed by atoms with E-state index in [-0.39, 0.29) is 5.43 Å². The predicted octanol–water partition coefficient (Wildman–Crippen LogP) is 7.20. The molecule has 29 heavy (non-hydrogen) atoms. The summed E-state index contributed by atoms with van der Waals surface area (Å²) in [6, 6.07) is 1.60. The van der Waals surface area contributed by atoms with Crippen molar-refractivity contribution in [1.29, 1.82) is 0 Å². The number of allylic oxidation sites excluding steroid dienone is 2. The molecule has 0 saturated carbocycles. The number of fused-ring (bicyclic) bond motifs is 1. The van der Waals surface area contributed by atoms with Crippen LogP contribution in [-0.4, -0.2) is 5.11 Å². The van der Waals surface area contributed by atoms with Gasteiger partial charge in [-0.25, -0.2) is 0 Å². The fraction of sp³-hybridized carbons (Fsp3) is 0.731. The fourth-order valence-electron chi connectivity index (χ4n) is 4.22. The first-order valence-electron chi connectivity index (χ1n) is 12.2. The van der Waals surface area contributed by atoms with Gasteiger partial charge in [-0.2, -0.15) is 0 Å². The molecular weight excluding hydrogens is 360 g/mol. The smallest absolute Gasteiger partial charge is 0.191 e. The maximum Gasteiger partial charge on any atom is 0.191 e. The van der Waals surface area contributed by atoms with Crippen LogP contribution in [0.1, 0.15) is 126 Å². The average Bonchev–Trinajstić information content (AvgIpc) is 2.70. The highest BCUT2D eigenvalue weighted by atomic mass is 16.3. The standard InChI is InChI=1S/C26H42O3/c1-2-3-4-5-6-7-8-9-10-11-12-13-14-15-16-18-22-21-24(28)26-23(27)19-17-20-25(26)29-22/h5-6,21,23,27H,2-4,7-20H2,1H3/t23-/m0/s1. The van der Waals surface area contributed by atoms with Gasteiger partial charge >= 0.3 is 0 Å². The molecule has 0 spiro atoms. The van der Waals surface area contributed by atoms with Crippen molar-refractivity contribution in [3.8, 4) is 0 Å². The monoisotopic (exact) mass is 402 g/mol. The summed E-state index contributed by atoms with van der Waals surface area (Å²) in [6.45, 7) is 2.24. The summed E-state index contributed by atoms with van der Waals surface area (Å²) in [5, 5.41) is 9.99. The molecule has 0 unspecified atom stereocenters. The molecule has 0 bridgehead atoms. The van der Waals surface area contributed by atoms with Crippen LogP contribution in [0.2, 0.25) is 0 Å². The lowest BCUT2D eigenvalue weighted by Crippen LogP contribution is -2.20. The van der Waals surface area contributed by atoms with E-state index in [1.54, 1.807) is 6.07 Å². The lowest BCUT2D eigenvalue weighted by molar-refractivity contribution is 0.147. The van der Waals surface area contributed by atoms with Crippen LogP contribution in [0.15, 0.2) is 27.4 Å². The molecule has 2 rings (SSSR count). The molecule has 0 fully saturated rings. The third kappa shape index (κ3) is 9.33. The third-order valence-electron chi connectivity index (χ3n) is 6.01. The van der Waals surface area contributed by atoms with Crippen LogP contribution in [0.25, 0.3) is 0 Å². The van der Waals surface area contributed by atoms with E-state index in [2.05, 4.69) is 19.1 Å². The van der Waals surface area contributed by atoms with Crippen LogP contribution in [0.4, 0.5) is 0 Å². The Morgan fingerprint density at radius 3 is 2.28 bits per heavy atom. The van der Waals surface area contributed by atoms with Gasteiger partial charge in [0.1, 0.15) is 11.5 Å².